The quantitative estimate of drug-likeness (QED) is 0.789. The molecule has 6 nitrogen and oxygen atoms in total. The second-order valence-corrected chi connectivity index (χ2v) is 4.92. The lowest BCUT2D eigenvalue weighted by Gasteiger charge is -2.45. The van der Waals surface area contributed by atoms with Crippen molar-refractivity contribution in [3.63, 3.8) is 0 Å². The summed E-state index contributed by atoms with van der Waals surface area (Å²) in [6.07, 6.45) is -1.80. The van der Waals surface area contributed by atoms with Crippen molar-refractivity contribution >= 4 is 0 Å². The molecule has 0 aliphatic carbocycles. The third kappa shape index (κ3) is 2.15. The third-order valence-corrected chi connectivity index (χ3v) is 3.65. The standard InChI is InChI=1S/C14H18N2O4/c1-14(13(18-2)19-3)12(17)11(16)9-6-8(7-15)4-5-10(9)20-14/h4-6,11-13,17H,16H2,1-3H3. The molecule has 0 aromatic heterocycles. The Morgan fingerprint density at radius 1 is 1.45 bits per heavy atom. The van der Waals surface area contributed by atoms with E-state index in [0.717, 1.165) is 0 Å². The molecular formula is C14H18N2O4. The van der Waals surface area contributed by atoms with Gasteiger partial charge in [-0.2, -0.15) is 5.26 Å². The van der Waals surface area contributed by atoms with Crippen molar-refractivity contribution in [3.05, 3.63) is 29.3 Å². The molecule has 0 radical (unpaired) electrons. The van der Waals surface area contributed by atoms with E-state index in [2.05, 4.69) is 0 Å². The van der Waals surface area contributed by atoms with Crippen molar-refractivity contribution in [1.82, 2.24) is 0 Å². The van der Waals surface area contributed by atoms with Gasteiger partial charge in [-0.15, -0.1) is 0 Å². The minimum atomic E-state index is -1.13. The number of nitriles is 1. The minimum absolute atomic E-state index is 0.466. The van der Waals surface area contributed by atoms with Gasteiger partial charge in [0.05, 0.1) is 17.7 Å². The molecular weight excluding hydrogens is 260 g/mol. The zero-order valence-corrected chi connectivity index (χ0v) is 11.7. The molecule has 2 rings (SSSR count). The van der Waals surface area contributed by atoms with Gasteiger partial charge in [-0.25, -0.2) is 0 Å². The van der Waals surface area contributed by atoms with Crippen molar-refractivity contribution in [3.8, 4) is 11.8 Å². The van der Waals surface area contributed by atoms with Crippen LogP contribution in [-0.2, 0) is 9.47 Å². The Kier molecular flexibility index (Phi) is 3.97. The molecule has 3 unspecified atom stereocenters. The Bertz CT molecular complexity index is 538. The zero-order valence-electron chi connectivity index (χ0n) is 11.7. The molecule has 0 amide bonds. The maximum Gasteiger partial charge on any atom is 0.199 e. The number of hydrogen-bond acceptors (Lipinski definition) is 6. The van der Waals surface area contributed by atoms with Gasteiger partial charge in [0.25, 0.3) is 0 Å². The molecule has 20 heavy (non-hydrogen) atoms. The predicted molar refractivity (Wildman–Crippen MR) is 70.9 cm³/mol. The lowest BCUT2D eigenvalue weighted by atomic mass is 9.84. The van der Waals surface area contributed by atoms with E-state index in [9.17, 15) is 5.11 Å². The Balaban J connectivity index is 2.47. The number of rotatable bonds is 3. The summed E-state index contributed by atoms with van der Waals surface area (Å²) in [5.41, 5.74) is 6.01. The fraction of sp³-hybridized carbons (Fsp3) is 0.500. The average Bonchev–Trinajstić information content (AvgIpc) is 2.46. The van der Waals surface area contributed by atoms with E-state index in [0.29, 0.717) is 16.9 Å². The molecule has 0 saturated heterocycles. The van der Waals surface area contributed by atoms with Crippen LogP contribution in [0.2, 0.25) is 0 Å². The van der Waals surface area contributed by atoms with E-state index < -0.39 is 24.0 Å². The molecule has 1 aromatic carbocycles. The summed E-state index contributed by atoms with van der Waals surface area (Å²) in [6.45, 7) is 1.68. The molecule has 0 bridgehead atoms. The highest BCUT2D eigenvalue weighted by Crippen LogP contribution is 2.41. The van der Waals surface area contributed by atoms with Crippen LogP contribution in [0.5, 0.6) is 5.75 Å². The Labute approximate surface area is 117 Å². The fourth-order valence-electron chi connectivity index (χ4n) is 2.55. The molecule has 1 aromatic rings. The molecule has 1 aliphatic rings. The van der Waals surface area contributed by atoms with Gasteiger partial charge in [0.2, 0.25) is 0 Å². The van der Waals surface area contributed by atoms with E-state index in [1.165, 1.54) is 14.2 Å². The average molecular weight is 278 g/mol. The SMILES string of the molecule is COC(OC)C1(C)Oc2ccc(C#N)cc2C(N)C1O. The lowest BCUT2D eigenvalue weighted by molar-refractivity contribution is -0.237. The van der Waals surface area contributed by atoms with Gasteiger partial charge in [0.15, 0.2) is 11.9 Å². The summed E-state index contributed by atoms with van der Waals surface area (Å²) in [6, 6.07) is 6.27. The molecule has 3 N–H and O–H groups in total. The number of methoxy groups -OCH3 is 2. The van der Waals surface area contributed by atoms with Crippen molar-refractivity contribution in [2.75, 3.05) is 14.2 Å². The summed E-state index contributed by atoms with van der Waals surface area (Å²) in [7, 11) is 2.94. The Morgan fingerprint density at radius 2 is 2.10 bits per heavy atom. The first-order valence-electron chi connectivity index (χ1n) is 6.20. The van der Waals surface area contributed by atoms with Crippen LogP contribution in [0.15, 0.2) is 18.2 Å². The normalized spacial score (nSPS) is 28.6. The van der Waals surface area contributed by atoms with Gasteiger partial charge < -0.3 is 25.1 Å². The second kappa shape index (κ2) is 5.38. The van der Waals surface area contributed by atoms with Crippen molar-refractivity contribution in [2.45, 2.75) is 31.0 Å². The number of aliphatic hydroxyl groups is 1. The molecule has 1 heterocycles. The highest BCUT2D eigenvalue weighted by molar-refractivity contribution is 5.46. The van der Waals surface area contributed by atoms with E-state index in [1.807, 2.05) is 6.07 Å². The second-order valence-electron chi connectivity index (χ2n) is 4.92. The van der Waals surface area contributed by atoms with Gasteiger partial charge in [0.1, 0.15) is 11.9 Å². The molecule has 3 atom stereocenters. The summed E-state index contributed by atoms with van der Waals surface area (Å²) in [5, 5.41) is 19.4. The number of aliphatic hydroxyl groups excluding tert-OH is 1. The van der Waals surface area contributed by atoms with Crippen LogP contribution in [0.25, 0.3) is 0 Å². The van der Waals surface area contributed by atoms with Crippen LogP contribution in [0.3, 0.4) is 0 Å². The number of nitrogens with two attached hydrogens (primary N) is 1. The molecule has 0 saturated carbocycles. The van der Waals surface area contributed by atoms with E-state index in [4.69, 9.17) is 25.2 Å². The first-order valence-corrected chi connectivity index (χ1v) is 6.20. The van der Waals surface area contributed by atoms with Crippen LogP contribution in [-0.4, -0.2) is 37.3 Å². The zero-order chi connectivity index (χ0) is 14.9. The number of hydrogen-bond donors (Lipinski definition) is 2. The monoisotopic (exact) mass is 278 g/mol. The molecule has 108 valence electrons. The summed E-state index contributed by atoms with van der Waals surface area (Å²) in [5.74, 6) is 0.517. The summed E-state index contributed by atoms with van der Waals surface area (Å²) >= 11 is 0. The molecule has 6 heteroatoms. The van der Waals surface area contributed by atoms with Gasteiger partial charge in [-0.3, -0.25) is 0 Å². The predicted octanol–water partition coefficient (Wildman–Crippen LogP) is 0.689. The summed E-state index contributed by atoms with van der Waals surface area (Å²) in [4.78, 5) is 0. The Morgan fingerprint density at radius 3 is 2.65 bits per heavy atom. The Hall–Kier alpha value is -1.65. The molecule has 0 fully saturated rings. The van der Waals surface area contributed by atoms with Gasteiger partial charge in [-0.1, -0.05) is 0 Å². The van der Waals surface area contributed by atoms with Gasteiger partial charge in [0, 0.05) is 19.8 Å². The fourth-order valence-corrected chi connectivity index (χ4v) is 2.55. The van der Waals surface area contributed by atoms with Gasteiger partial charge in [-0.05, 0) is 25.1 Å². The molecule has 1 aliphatic heterocycles. The number of ether oxygens (including phenoxy) is 3. The first-order chi connectivity index (χ1) is 9.47. The number of fused-ring (bicyclic) bond motifs is 1. The van der Waals surface area contributed by atoms with E-state index >= 15 is 0 Å². The highest BCUT2D eigenvalue weighted by atomic mass is 16.7. The smallest absolute Gasteiger partial charge is 0.199 e. The maximum absolute atomic E-state index is 10.4. The summed E-state index contributed by atoms with van der Waals surface area (Å²) < 4.78 is 16.3. The minimum Gasteiger partial charge on any atom is -0.479 e. The molecule has 0 spiro atoms. The maximum atomic E-state index is 10.4. The number of benzene rings is 1. The largest absolute Gasteiger partial charge is 0.479 e. The van der Waals surface area contributed by atoms with Crippen LogP contribution in [0.1, 0.15) is 24.1 Å². The topological polar surface area (TPSA) is 97.7 Å². The van der Waals surface area contributed by atoms with E-state index in [-0.39, 0.29) is 0 Å². The number of nitrogens with zero attached hydrogens (tertiary/aromatic N) is 1. The van der Waals surface area contributed by atoms with E-state index in [1.54, 1.807) is 25.1 Å². The van der Waals surface area contributed by atoms with Gasteiger partial charge >= 0.3 is 0 Å². The van der Waals surface area contributed by atoms with Crippen molar-refractivity contribution in [1.29, 1.82) is 5.26 Å². The van der Waals surface area contributed by atoms with Crippen LogP contribution < -0.4 is 10.5 Å². The highest BCUT2D eigenvalue weighted by Gasteiger charge is 2.51. The van der Waals surface area contributed by atoms with Crippen molar-refractivity contribution < 1.29 is 19.3 Å². The van der Waals surface area contributed by atoms with Crippen LogP contribution in [0.4, 0.5) is 0 Å². The van der Waals surface area contributed by atoms with Crippen LogP contribution >= 0.6 is 0 Å². The van der Waals surface area contributed by atoms with Crippen molar-refractivity contribution in [2.24, 2.45) is 5.73 Å². The third-order valence-electron chi connectivity index (χ3n) is 3.65. The first kappa shape index (κ1) is 14.8. The van der Waals surface area contributed by atoms with Crippen LogP contribution in [0, 0.1) is 11.3 Å². The lowest BCUT2D eigenvalue weighted by Crippen LogP contribution is -2.61.